The van der Waals surface area contributed by atoms with Crippen LogP contribution in [0.2, 0.25) is 0 Å². The average molecular weight is 438 g/mol. The van der Waals surface area contributed by atoms with Crippen LogP contribution in [0.15, 0.2) is 30.3 Å². The Labute approximate surface area is 181 Å². The monoisotopic (exact) mass is 438 g/mol. The molecule has 0 spiro atoms. The van der Waals surface area contributed by atoms with Gasteiger partial charge in [0.2, 0.25) is 0 Å². The number of rotatable bonds is 9. The number of amides is 2. The fraction of sp³-hybridized carbons (Fsp3) is 0.524. The van der Waals surface area contributed by atoms with Crippen molar-refractivity contribution in [2.45, 2.75) is 45.9 Å². The lowest BCUT2D eigenvalue weighted by Crippen LogP contribution is -2.52. The van der Waals surface area contributed by atoms with Gasteiger partial charge in [-0.25, -0.2) is 14.4 Å². The van der Waals surface area contributed by atoms with Crippen LogP contribution < -0.4 is 5.32 Å². The van der Waals surface area contributed by atoms with Crippen molar-refractivity contribution < 1.29 is 38.1 Å². The first kappa shape index (κ1) is 25.7. The van der Waals surface area contributed by atoms with Gasteiger partial charge < -0.3 is 24.3 Å². The summed E-state index contributed by atoms with van der Waals surface area (Å²) in [4.78, 5) is 49.8. The molecule has 0 aliphatic rings. The fourth-order valence-corrected chi connectivity index (χ4v) is 2.34. The Morgan fingerprint density at radius 2 is 1.71 bits per heavy atom. The van der Waals surface area contributed by atoms with Crippen LogP contribution in [0.4, 0.5) is 9.59 Å². The van der Waals surface area contributed by atoms with E-state index in [1.165, 1.54) is 0 Å². The summed E-state index contributed by atoms with van der Waals surface area (Å²) >= 11 is 0. The number of nitrogens with one attached hydrogen (secondary N) is 1. The van der Waals surface area contributed by atoms with Gasteiger partial charge in [-0.3, -0.25) is 9.69 Å². The molecular formula is C21H30N2O8. The van der Waals surface area contributed by atoms with Crippen molar-refractivity contribution in [3.63, 3.8) is 0 Å². The van der Waals surface area contributed by atoms with Gasteiger partial charge in [0.15, 0.2) is 0 Å². The standard InChI is InChI=1S/C21H30N2O8/c1-6-29-17(24)13-23(20(27)31-21(2,3)4)12-16(18(25)28-5)22-19(26)30-14-15-10-8-7-9-11-15/h7-11,16H,6,12-14H2,1-5H3,(H,22,26). The first-order valence-electron chi connectivity index (χ1n) is 9.74. The van der Waals surface area contributed by atoms with Crippen LogP contribution in [0.5, 0.6) is 0 Å². The van der Waals surface area contributed by atoms with Crippen LogP contribution in [0, 0.1) is 0 Å². The summed E-state index contributed by atoms with van der Waals surface area (Å²) in [7, 11) is 1.13. The van der Waals surface area contributed by atoms with E-state index in [1.807, 2.05) is 6.07 Å². The molecule has 1 unspecified atom stereocenters. The normalized spacial score (nSPS) is 11.6. The molecule has 10 nitrogen and oxygen atoms in total. The van der Waals surface area contributed by atoms with Gasteiger partial charge in [0.05, 0.1) is 20.3 Å². The first-order chi connectivity index (χ1) is 14.6. The Morgan fingerprint density at radius 3 is 2.26 bits per heavy atom. The van der Waals surface area contributed by atoms with Crippen molar-refractivity contribution in [2.75, 3.05) is 26.8 Å². The van der Waals surface area contributed by atoms with E-state index < -0.39 is 42.3 Å². The highest BCUT2D eigenvalue weighted by atomic mass is 16.6. The molecule has 1 rings (SSSR count). The second-order valence-corrected chi connectivity index (χ2v) is 7.45. The second kappa shape index (κ2) is 12.4. The summed E-state index contributed by atoms with van der Waals surface area (Å²) in [5.74, 6) is -1.52. The van der Waals surface area contributed by atoms with E-state index in [4.69, 9.17) is 18.9 Å². The van der Waals surface area contributed by atoms with Gasteiger partial charge in [-0.1, -0.05) is 30.3 Å². The summed E-state index contributed by atoms with van der Waals surface area (Å²) in [6, 6.07) is 7.66. The highest BCUT2D eigenvalue weighted by Crippen LogP contribution is 2.11. The molecular weight excluding hydrogens is 408 g/mol. The highest BCUT2D eigenvalue weighted by molar-refractivity contribution is 5.83. The number of benzene rings is 1. The molecule has 0 radical (unpaired) electrons. The fourth-order valence-electron chi connectivity index (χ4n) is 2.34. The van der Waals surface area contributed by atoms with Crippen LogP contribution >= 0.6 is 0 Å². The Balaban J connectivity index is 2.88. The van der Waals surface area contributed by atoms with Gasteiger partial charge in [-0.15, -0.1) is 0 Å². The molecule has 1 atom stereocenters. The summed E-state index contributed by atoms with van der Waals surface area (Å²) in [5.41, 5.74) is -0.0859. The zero-order chi connectivity index (χ0) is 23.4. The molecule has 172 valence electrons. The van der Waals surface area contributed by atoms with Crippen LogP contribution in [0.3, 0.4) is 0 Å². The maximum atomic E-state index is 12.5. The molecule has 1 N–H and O–H groups in total. The lowest BCUT2D eigenvalue weighted by atomic mass is 10.2. The van der Waals surface area contributed by atoms with Crippen molar-refractivity contribution in [3.8, 4) is 0 Å². The molecule has 0 saturated heterocycles. The van der Waals surface area contributed by atoms with Crippen LogP contribution in [-0.2, 0) is 35.1 Å². The van der Waals surface area contributed by atoms with Crippen molar-refractivity contribution in [1.82, 2.24) is 10.2 Å². The molecule has 1 aromatic rings. The molecule has 0 fully saturated rings. The third-order valence-corrected chi connectivity index (χ3v) is 3.67. The predicted molar refractivity (Wildman–Crippen MR) is 110 cm³/mol. The molecule has 0 aliphatic heterocycles. The van der Waals surface area contributed by atoms with Crippen LogP contribution in [0.1, 0.15) is 33.3 Å². The molecule has 1 aromatic carbocycles. The third kappa shape index (κ3) is 10.3. The largest absolute Gasteiger partial charge is 0.467 e. The third-order valence-electron chi connectivity index (χ3n) is 3.67. The van der Waals surface area contributed by atoms with Crippen molar-refractivity contribution >= 4 is 24.1 Å². The van der Waals surface area contributed by atoms with E-state index in [0.717, 1.165) is 17.6 Å². The van der Waals surface area contributed by atoms with Gasteiger partial charge in [-0.2, -0.15) is 0 Å². The zero-order valence-corrected chi connectivity index (χ0v) is 18.5. The molecule has 0 heterocycles. The van der Waals surface area contributed by atoms with E-state index in [-0.39, 0.29) is 19.8 Å². The van der Waals surface area contributed by atoms with E-state index >= 15 is 0 Å². The summed E-state index contributed by atoms with van der Waals surface area (Å²) < 4.78 is 20.0. The molecule has 31 heavy (non-hydrogen) atoms. The summed E-state index contributed by atoms with van der Waals surface area (Å²) in [6.45, 7) is 5.83. The molecule has 0 aliphatic carbocycles. The summed E-state index contributed by atoms with van der Waals surface area (Å²) in [6.07, 6.45) is -1.74. The number of hydrogen-bond donors (Lipinski definition) is 1. The predicted octanol–water partition coefficient (Wildman–Crippen LogP) is 2.25. The Hall–Kier alpha value is -3.30. The second-order valence-electron chi connectivity index (χ2n) is 7.45. The van der Waals surface area contributed by atoms with Crippen LogP contribution in [0.25, 0.3) is 0 Å². The van der Waals surface area contributed by atoms with Crippen molar-refractivity contribution in [2.24, 2.45) is 0 Å². The van der Waals surface area contributed by atoms with Gasteiger partial charge in [-0.05, 0) is 33.3 Å². The average Bonchev–Trinajstić information content (AvgIpc) is 2.70. The minimum absolute atomic E-state index is 0.0147. The topological polar surface area (TPSA) is 120 Å². The smallest absolute Gasteiger partial charge is 0.410 e. The number of esters is 2. The summed E-state index contributed by atoms with van der Waals surface area (Å²) in [5, 5.41) is 2.35. The molecule has 0 bridgehead atoms. The number of carbonyl (C=O) groups excluding carboxylic acids is 4. The van der Waals surface area contributed by atoms with Gasteiger partial charge in [0, 0.05) is 0 Å². The maximum Gasteiger partial charge on any atom is 0.410 e. The van der Waals surface area contributed by atoms with E-state index in [1.54, 1.807) is 52.0 Å². The van der Waals surface area contributed by atoms with Gasteiger partial charge >= 0.3 is 24.1 Å². The maximum absolute atomic E-state index is 12.5. The Bertz CT molecular complexity index is 745. The Kier molecular flexibility index (Phi) is 10.3. The Morgan fingerprint density at radius 1 is 1.06 bits per heavy atom. The van der Waals surface area contributed by atoms with E-state index in [9.17, 15) is 19.2 Å². The van der Waals surface area contributed by atoms with Gasteiger partial charge in [0.1, 0.15) is 24.8 Å². The quantitative estimate of drug-likeness (QED) is 0.460. The molecule has 0 aromatic heterocycles. The van der Waals surface area contributed by atoms with Crippen molar-refractivity contribution in [1.29, 1.82) is 0 Å². The van der Waals surface area contributed by atoms with E-state index in [0.29, 0.717) is 0 Å². The lowest BCUT2D eigenvalue weighted by molar-refractivity contribution is -0.147. The highest BCUT2D eigenvalue weighted by Gasteiger charge is 2.31. The number of hydrogen-bond acceptors (Lipinski definition) is 8. The molecule has 2 amide bonds. The lowest BCUT2D eigenvalue weighted by Gasteiger charge is -2.29. The molecule has 10 heteroatoms. The van der Waals surface area contributed by atoms with E-state index in [2.05, 4.69) is 5.32 Å². The minimum Gasteiger partial charge on any atom is -0.467 e. The number of alkyl carbamates (subject to hydrolysis) is 1. The number of nitrogens with zero attached hydrogens (tertiary/aromatic N) is 1. The number of ether oxygens (including phenoxy) is 4. The zero-order valence-electron chi connectivity index (χ0n) is 18.5. The molecule has 0 saturated carbocycles. The minimum atomic E-state index is -1.30. The number of methoxy groups -OCH3 is 1. The first-order valence-corrected chi connectivity index (χ1v) is 9.74. The SMILES string of the molecule is CCOC(=O)CN(CC(NC(=O)OCc1ccccc1)C(=O)OC)C(=O)OC(C)(C)C. The van der Waals surface area contributed by atoms with Crippen LogP contribution in [-0.4, -0.2) is 67.5 Å². The van der Waals surface area contributed by atoms with Gasteiger partial charge in [0.25, 0.3) is 0 Å². The number of carbonyl (C=O) groups is 4. The van der Waals surface area contributed by atoms with Crippen molar-refractivity contribution in [3.05, 3.63) is 35.9 Å².